The zero-order chi connectivity index (χ0) is 13.5. The Morgan fingerprint density at radius 1 is 1.44 bits per heavy atom. The van der Waals surface area contributed by atoms with Crippen LogP contribution in [0.15, 0.2) is 18.2 Å². The molecule has 0 bridgehead atoms. The van der Waals surface area contributed by atoms with Crippen LogP contribution >= 0.6 is 0 Å². The number of nitrogens with two attached hydrogens (primary N) is 1. The maximum absolute atomic E-state index is 11.6. The summed E-state index contributed by atoms with van der Waals surface area (Å²) in [6.45, 7) is 4.76. The van der Waals surface area contributed by atoms with Gasteiger partial charge in [-0.25, -0.2) is 0 Å². The molecule has 3 N–H and O–H groups in total. The maximum atomic E-state index is 11.6. The predicted octanol–water partition coefficient (Wildman–Crippen LogP) is 2.50. The molecule has 1 amide bonds. The predicted molar refractivity (Wildman–Crippen MR) is 74.0 cm³/mol. The monoisotopic (exact) mass is 250 g/mol. The summed E-state index contributed by atoms with van der Waals surface area (Å²) in [6.07, 6.45) is 1.13. The average molecular weight is 250 g/mol. The van der Waals surface area contributed by atoms with Crippen LogP contribution in [0.2, 0.25) is 0 Å². The van der Waals surface area contributed by atoms with Gasteiger partial charge in [0.2, 0.25) is 5.91 Å². The molecule has 0 aliphatic rings. The Hall–Kier alpha value is -1.55. The van der Waals surface area contributed by atoms with Crippen LogP contribution < -0.4 is 15.8 Å². The molecule has 0 unspecified atom stereocenters. The fourth-order valence-corrected chi connectivity index (χ4v) is 1.65. The van der Waals surface area contributed by atoms with Crippen molar-refractivity contribution in [3.63, 3.8) is 0 Å². The van der Waals surface area contributed by atoms with Gasteiger partial charge in [0, 0.05) is 6.42 Å². The molecular formula is C14H22N2O2. The third kappa shape index (κ3) is 4.04. The summed E-state index contributed by atoms with van der Waals surface area (Å²) in [4.78, 5) is 11.6. The summed E-state index contributed by atoms with van der Waals surface area (Å²) in [7, 11) is 1.61. The summed E-state index contributed by atoms with van der Waals surface area (Å²) in [6, 6.07) is 5.85. The first-order chi connectivity index (χ1) is 8.58. The van der Waals surface area contributed by atoms with Crippen molar-refractivity contribution in [2.75, 3.05) is 19.0 Å². The zero-order valence-electron chi connectivity index (χ0n) is 11.3. The molecular weight excluding hydrogens is 228 g/mol. The van der Waals surface area contributed by atoms with Gasteiger partial charge in [-0.3, -0.25) is 4.79 Å². The van der Waals surface area contributed by atoms with Crippen LogP contribution in [-0.4, -0.2) is 19.6 Å². The number of rotatable bonds is 6. The number of benzene rings is 1. The number of carbonyl (C=O) groups excluding carboxylic acids is 1. The molecule has 1 rings (SSSR count). The normalized spacial score (nSPS) is 10.5. The highest BCUT2D eigenvalue weighted by molar-refractivity contribution is 5.92. The highest BCUT2D eigenvalue weighted by Gasteiger charge is 2.09. The molecule has 0 aliphatic carbocycles. The van der Waals surface area contributed by atoms with Crippen LogP contribution in [-0.2, 0) is 4.79 Å². The van der Waals surface area contributed by atoms with Crippen LogP contribution in [0.4, 0.5) is 5.69 Å². The number of hydrogen-bond acceptors (Lipinski definition) is 3. The Bertz CT molecular complexity index is 403. The van der Waals surface area contributed by atoms with Gasteiger partial charge in [0.15, 0.2) is 0 Å². The second-order valence-corrected chi connectivity index (χ2v) is 4.55. The lowest BCUT2D eigenvalue weighted by Crippen LogP contribution is -2.14. The SMILES string of the molecule is COc1cc(C(C)C)ccc1NC(=O)CCCN. The van der Waals surface area contributed by atoms with E-state index in [1.165, 1.54) is 5.56 Å². The summed E-state index contributed by atoms with van der Waals surface area (Å²) in [5.74, 6) is 1.10. The Balaban J connectivity index is 2.79. The zero-order valence-corrected chi connectivity index (χ0v) is 11.3. The van der Waals surface area contributed by atoms with Crippen molar-refractivity contribution in [2.45, 2.75) is 32.6 Å². The van der Waals surface area contributed by atoms with Crippen molar-refractivity contribution >= 4 is 11.6 Å². The molecule has 0 fully saturated rings. The molecule has 4 heteroatoms. The van der Waals surface area contributed by atoms with E-state index in [0.717, 1.165) is 0 Å². The van der Waals surface area contributed by atoms with E-state index < -0.39 is 0 Å². The summed E-state index contributed by atoms with van der Waals surface area (Å²) < 4.78 is 5.30. The summed E-state index contributed by atoms with van der Waals surface area (Å²) in [5.41, 5.74) is 7.27. The number of methoxy groups -OCH3 is 1. The smallest absolute Gasteiger partial charge is 0.224 e. The topological polar surface area (TPSA) is 64.3 Å². The fourth-order valence-electron chi connectivity index (χ4n) is 1.65. The average Bonchev–Trinajstić information content (AvgIpc) is 2.36. The molecule has 0 radical (unpaired) electrons. The number of carbonyl (C=O) groups is 1. The molecule has 18 heavy (non-hydrogen) atoms. The van der Waals surface area contributed by atoms with E-state index in [-0.39, 0.29) is 5.91 Å². The second kappa shape index (κ2) is 7.01. The summed E-state index contributed by atoms with van der Waals surface area (Å²) in [5, 5.41) is 2.84. The second-order valence-electron chi connectivity index (χ2n) is 4.55. The van der Waals surface area contributed by atoms with Gasteiger partial charge in [0.25, 0.3) is 0 Å². The molecule has 0 atom stereocenters. The molecule has 0 spiro atoms. The van der Waals surface area contributed by atoms with Crippen LogP contribution in [0.3, 0.4) is 0 Å². The van der Waals surface area contributed by atoms with Crippen LogP contribution in [0.25, 0.3) is 0 Å². The van der Waals surface area contributed by atoms with Crippen LogP contribution in [0, 0.1) is 0 Å². The first kappa shape index (κ1) is 14.5. The molecule has 4 nitrogen and oxygen atoms in total. The number of anilines is 1. The van der Waals surface area contributed by atoms with Crippen LogP contribution in [0.1, 0.15) is 38.2 Å². The van der Waals surface area contributed by atoms with E-state index in [1.54, 1.807) is 7.11 Å². The number of nitrogens with one attached hydrogen (secondary N) is 1. The minimum Gasteiger partial charge on any atom is -0.495 e. The first-order valence-corrected chi connectivity index (χ1v) is 6.26. The highest BCUT2D eigenvalue weighted by Crippen LogP contribution is 2.28. The maximum Gasteiger partial charge on any atom is 0.224 e. The van der Waals surface area contributed by atoms with E-state index in [2.05, 4.69) is 19.2 Å². The van der Waals surface area contributed by atoms with Crippen molar-refractivity contribution in [3.8, 4) is 5.75 Å². The van der Waals surface area contributed by atoms with Crippen LogP contribution in [0.5, 0.6) is 5.75 Å². The molecule has 0 aromatic heterocycles. The standard InChI is InChI=1S/C14H22N2O2/c1-10(2)11-6-7-12(13(9-11)18-3)16-14(17)5-4-8-15/h6-7,9-10H,4-5,8,15H2,1-3H3,(H,16,17). The molecule has 1 aromatic carbocycles. The Morgan fingerprint density at radius 3 is 2.72 bits per heavy atom. The Labute approximate surface area is 109 Å². The van der Waals surface area contributed by atoms with E-state index in [0.29, 0.717) is 36.7 Å². The molecule has 0 heterocycles. The minimum atomic E-state index is -0.0314. The minimum absolute atomic E-state index is 0.0314. The van der Waals surface area contributed by atoms with E-state index in [1.807, 2.05) is 18.2 Å². The lowest BCUT2D eigenvalue weighted by molar-refractivity contribution is -0.116. The molecule has 1 aromatic rings. The quantitative estimate of drug-likeness (QED) is 0.815. The fraction of sp³-hybridized carbons (Fsp3) is 0.500. The third-order valence-electron chi connectivity index (χ3n) is 2.77. The first-order valence-electron chi connectivity index (χ1n) is 6.26. The van der Waals surface area contributed by atoms with Crippen molar-refractivity contribution in [2.24, 2.45) is 5.73 Å². The molecule has 0 saturated heterocycles. The van der Waals surface area contributed by atoms with Gasteiger partial charge in [-0.2, -0.15) is 0 Å². The molecule has 100 valence electrons. The van der Waals surface area contributed by atoms with Gasteiger partial charge in [-0.05, 0) is 36.6 Å². The number of ether oxygens (including phenoxy) is 1. The third-order valence-corrected chi connectivity index (χ3v) is 2.77. The lowest BCUT2D eigenvalue weighted by Gasteiger charge is -2.13. The van der Waals surface area contributed by atoms with Gasteiger partial charge in [-0.1, -0.05) is 19.9 Å². The largest absolute Gasteiger partial charge is 0.495 e. The van der Waals surface area contributed by atoms with Gasteiger partial charge in [0.1, 0.15) is 5.75 Å². The Morgan fingerprint density at radius 2 is 2.17 bits per heavy atom. The van der Waals surface area contributed by atoms with Gasteiger partial charge < -0.3 is 15.8 Å². The van der Waals surface area contributed by atoms with Crippen molar-refractivity contribution in [1.82, 2.24) is 0 Å². The molecule has 0 aliphatic heterocycles. The highest BCUT2D eigenvalue weighted by atomic mass is 16.5. The lowest BCUT2D eigenvalue weighted by atomic mass is 10.0. The van der Waals surface area contributed by atoms with Gasteiger partial charge in [-0.15, -0.1) is 0 Å². The van der Waals surface area contributed by atoms with Crippen molar-refractivity contribution in [1.29, 1.82) is 0 Å². The van der Waals surface area contributed by atoms with E-state index >= 15 is 0 Å². The number of amides is 1. The molecule has 0 saturated carbocycles. The Kier molecular flexibility index (Phi) is 5.65. The van der Waals surface area contributed by atoms with Gasteiger partial charge in [0.05, 0.1) is 12.8 Å². The van der Waals surface area contributed by atoms with Crippen molar-refractivity contribution < 1.29 is 9.53 Å². The van der Waals surface area contributed by atoms with Gasteiger partial charge >= 0.3 is 0 Å². The van der Waals surface area contributed by atoms with E-state index in [4.69, 9.17) is 10.5 Å². The summed E-state index contributed by atoms with van der Waals surface area (Å²) >= 11 is 0. The van der Waals surface area contributed by atoms with Crippen molar-refractivity contribution in [3.05, 3.63) is 23.8 Å². The van der Waals surface area contributed by atoms with E-state index in [9.17, 15) is 4.79 Å². The number of hydrogen-bond donors (Lipinski definition) is 2.